The van der Waals surface area contributed by atoms with Gasteiger partial charge in [0.05, 0.1) is 0 Å². The van der Waals surface area contributed by atoms with Crippen molar-refractivity contribution in [3.63, 3.8) is 0 Å². The van der Waals surface area contributed by atoms with Gasteiger partial charge in [-0.1, -0.05) is 0 Å². The molecule has 0 unspecified atom stereocenters. The van der Waals surface area contributed by atoms with Crippen molar-refractivity contribution in [2.24, 2.45) is 0 Å². The largest absolute Gasteiger partial charge is 0.569 e. The van der Waals surface area contributed by atoms with Crippen LogP contribution in [0.4, 0.5) is 22.0 Å². The highest BCUT2D eigenvalue weighted by atomic mass is 19.2. The van der Waals surface area contributed by atoms with E-state index in [1.54, 1.807) is 0 Å². The zero-order chi connectivity index (χ0) is 10.9. The molecule has 2 nitrogen and oxygen atoms in total. The second-order valence-corrected chi connectivity index (χ2v) is 2.12. The Kier molecular flexibility index (Phi) is 2.95. The summed E-state index contributed by atoms with van der Waals surface area (Å²) in [4.78, 5) is 0. The molecule has 1 radical (unpaired) electrons. The van der Waals surface area contributed by atoms with Crippen molar-refractivity contribution in [1.29, 1.82) is 0 Å². The number of hydrogen-bond donors (Lipinski definition) is 1. The van der Waals surface area contributed by atoms with Gasteiger partial charge in [0.15, 0.2) is 5.75 Å². The summed E-state index contributed by atoms with van der Waals surface area (Å²) in [5, 5.41) is 8.00. The minimum Gasteiger partial charge on any atom is -0.533 e. The molecule has 0 amide bonds. The Bertz CT molecular complexity index is 341. The van der Waals surface area contributed by atoms with E-state index in [9.17, 15) is 22.0 Å². The summed E-state index contributed by atoms with van der Waals surface area (Å²) in [6.45, 7) is 0. The van der Waals surface area contributed by atoms with Gasteiger partial charge in [-0.25, -0.2) is 13.2 Å². The third-order valence-electron chi connectivity index (χ3n) is 1.34. The zero-order valence-electron chi connectivity index (χ0n) is 6.32. The van der Waals surface area contributed by atoms with E-state index in [0.717, 1.165) is 0 Å². The van der Waals surface area contributed by atoms with Gasteiger partial charge in [0, 0.05) is 0 Å². The second kappa shape index (κ2) is 3.83. The number of hydrogen-bond acceptors (Lipinski definition) is 2. The molecule has 1 aromatic rings. The summed E-state index contributed by atoms with van der Waals surface area (Å²) >= 11 is 0. The first-order chi connectivity index (χ1) is 6.50. The van der Waals surface area contributed by atoms with Crippen molar-refractivity contribution < 1.29 is 31.6 Å². The summed E-state index contributed by atoms with van der Waals surface area (Å²) in [6.07, 6.45) is 0. The number of rotatable bonds is 2. The Morgan fingerprint density at radius 3 is 1.50 bits per heavy atom. The van der Waals surface area contributed by atoms with Crippen molar-refractivity contribution >= 4 is 7.69 Å². The fourth-order valence-electron chi connectivity index (χ4n) is 0.741. The van der Waals surface area contributed by atoms with Crippen LogP contribution in [0.5, 0.6) is 5.75 Å². The average molecular weight is 211 g/mol. The van der Waals surface area contributed by atoms with Gasteiger partial charge in [-0.3, -0.25) is 0 Å². The van der Waals surface area contributed by atoms with Crippen LogP contribution in [-0.4, -0.2) is 12.7 Å². The Hall–Kier alpha value is -1.31. The summed E-state index contributed by atoms with van der Waals surface area (Å²) in [6, 6.07) is 0. The summed E-state index contributed by atoms with van der Waals surface area (Å²) in [5.41, 5.74) is 0. The smallest absolute Gasteiger partial charge is 0.533 e. The highest BCUT2D eigenvalue weighted by molar-refractivity contribution is 6.17. The molecule has 1 rings (SSSR count). The van der Waals surface area contributed by atoms with Crippen LogP contribution in [0, 0.1) is 29.1 Å². The molecular formula is C6HBF5O2. The minimum absolute atomic E-state index is 0.196. The van der Waals surface area contributed by atoms with Crippen molar-refractivity contribution in [2.45, 2.75) is 0 Å². The van der Waals surface area contributed by atoms with E-state index in [0.29, 0.717) is 0 Å². The van der Waals surface area contributed by atoms with E-state index in [1.165, 1.54) is 0 Å². The fraction of sp³-hybridized carbons (Fsp3) is 0. The first-order valence-corrected chi connectivity index (χ1v) is 3.14. The molecule has 0 saturated heterocycles. The molecule has 0 heterocycles. The molecule has 0 spiro atoms. The molecule has 0 aliphatic carbocycles. The second-order valence-electron chi connectivity index (χ2n) is 2.12. The van der Waals surface area contributed by atoms with E-state index >= 15 is 0 Å². The Labute approximate surface area is 75.2 Å². The molecule has 75 valence electrons. The summed E-state index contributed by atoms with van der Waals surface area (Å²) in [5.74, 6) is -12.4. The SMILES string of the molecule is O[B]Oc1c(F)c(F)c(F)c(F)c1F. The summed E-state index contributed by atoms with van der Waals surface area (Å²) in [7, 11) is -0.196. The van der Waals surface area contributed by atoms with E-state index in [2.05, 4.69) is 4.65 Å². The Morgan fingerprint density at radius 1 is 0.786 bits per heavy atom. The van der Waals surface area contributed by atoms with Gasteiger partial charge in [0.2, 0.25) is 29.1 Å². The maximum absolute atomic E-state index is 12.6. The van der Waals surface area contributed by atoms with Gasteiger partial charge >= 0.3 is 7.69 Å². The molecule has 8 heteroatoms. The van der Waals surface area contributed by atoms with Crippen molar-refractivity contribution in [1.82, 2.24) is 0 Å². The average Bonchev–Trinajstić information content (AvgIpc) is 2.19. The first-order valence-electron chi connectivity index (χ1n) is 3.14. The lowest BCUT2D eigenvalue weighted by atomic mass is 10.2. The minimum atomic E-state index is -2.29. The van der Waals surface area contributed by atoms with Gasteiger partial charge in [-0.2, -0.15) is 8.78 Å². The number of halogens is 5. The maximum Gasteiger partial charge on any atom is 0.569 e. The Morgan fingerprint density at radius 2 is 1.14 bits per heavy atom. The van der Waals surface area contributed by atoms with Crippen molar-refractivity contribution in [3.05, 3.63) is 29.1 Å². The first kappa shape index (κ1) is 10.8. The molecule has 0 saturated carbocycles. The van der Waals surface area contributed by atoms with Crippen molar-refractivity contribution in [3.8, 4) is 5.75 Å². The van der Waals surface area contributed by atoms with Gasteiger partial charge < -0.3 is 9.68 Å². The van der Waals surface area contributed by atoms with Gasteiger partial charge in [0.1, 0.15) is 0 Å². The highest BCUT2D eigenvalue weighted by Gasteiger charge is 2.26. The van der Waals surface area contributed by atoms with Crippen LogP contribution in [0.25, 0.3) is 0 Å². The van der Waals surface area contributed by atoms with Crippen LogP contribution >= 0.6 is 0 Å². The highest BCUT2D eigenvalue weighted by Crippen LogP contribution is 2.28. The third-order valence-corrected chi connectivity index (χ3v) is 1.34. The van der Waals surface area contributed by atoms with Gasteiger partial charge in [-0.15, -0.1) is 0 Å². The molecule has 0 bridgehead atoms. The molecule has 14 heavy (non-hydrogen) atoms. The number of benzene rings is 1. The molecule has 1 aromatic carbocycles. The zero-order valence-corrected chi connectivity index (χ0v) is 6.32. The lowest BCUT2D eigenvalue weighted by Crippen LogP contribution is -2.09. The molecule has 0 aliphatic rings. The van der Waals surface area contributed by atoms with Crippen LogP contribution < -0.4 is 4.65 Å². The van der Waals surface area contributed by atoms with E-state index in [-0.39, 0.29) is 7.69 Å². The van der Waals surface area contributed by atoms with E-state index in [1.807, 2.05) is 0 Å². The van der Waals surface area contributed by atoms with Crippen molar-refractivity contribution in [2.75, 3.05) is 0 Å². The van der Waals surface area contributed by atoms with Crippen LogP contribution in [0.1, 0.15) is 0 Å². The van der Waals surface area contributed by atoms with Crippen LogP contribution in [0.15, 0.2) is 0 Å². The molecule has 0 fully saturated rings. The topological polar surface area (TPSA) is 29.5 Å². The van der Waals surface area contributed by atoms with Gasteiger partial charge in [0.25, 0.3) is 0 Å². The molecular weight excluding hydrogens is 210 g/mol. The monoisotopic (exact) mass is 211 g/mol. The molecule has 0 aliphatic heterocycles. The van der Waals surface area contributed by atoms with Crippen LogP contribution in [0.3, 0.4) is 0 Å². The van der Waals surface area contributed by atoms with Crippen LogP contribution in [-0.2, 0) is 0 Å². The predicted molar refractivity (Wildman–Crippen MR) is 34.8 cm³/mol. The van der Waals surface area contributed by atoms with E-state index in [4.69, 9.17) is 5.02 Å². The fourth-order valence-corrected chi connectivity index (χ4v) is 0.741. The quantitative estimate of drug-likeness (QED) is 0.345. The lowest BCUT2D eigenvalue weighted by Gasteiger charge is -2.06. The molecule has 1 N–H and O–H groups in total. The van der Waals surface area contributed by atoms with Gasteiger partial charge in [-0.05, 0) is 0 Å². The predicted octanol–water partition coefficient (Wildman–Crippen LogP) is 1.29. The standard InChI is InChI=1S/C6HBF5O2/c8-1-2(9)4(11)6(14-7-13)5(12)3(1)10/h13H. The Balaban J connectivity index is 3.43. The van der Waals surface area contributed by atoms with Crippen LogP contribution in [0.2, 0.25) is 0 Å². The third kappa shape index (κ3) is 1.52. The van der Waals surface area contributed by atoms with E-state index < -0.39 is 34.8 Å². The lowest BCUT2D eigenvalue weighted by molar-refractivity contribution is 0.338. The normalized spacial score (nSPS) is 10.1. The molecule has 0 atom stereocenters. The summed E-state index contributed by atoms with van der Waals surface area (Å²) < 4.78 is 66.1. The maximum atomic E-state index is 12.6. The molecule has 0 aromatic heterocycles.